The monoisotopic (exact) mass is 520 g/mol. The third-order valence-electron chi connectivity index (χ3n) is 6.77. The number of imidazole rings is 1. The van der Waals surface area contributed by atoms with E-state index in [2.05, 4.69) is 19.2 Å². The van der Waals surface area contributed by atoms with E-state index in [9.17, 15) is 14.7 Å². The van der Waals surface area contributed by atoms with Gasteiger partial charge in [-0.1, -0.05) is 43.7 Å². The molecular weight excluding hydrogens is 480 g/mol. The first-order chi connectivity index (χ1) is 17.9. The minimum Gasteiger partial charge on any atom is -0.493 e. The summed E-state index contributed by atoms with van der Waals surface area (Å²) in [6.07, 6.45) is 2.65. The fraction of sp³-hybridized carbons (Fsp3) is 0.500. The highest BCUT2D eigenvalue weighted by Gasteiger charge is 2.29. The molecule has 8 heteroatoms. The van der Waals surface area contributed by atoms with Gasteiger partial charge in [-0.05, 0) is 71.8 Å². The molecule has 1 aliphatic rings. The summed E-state index contributed by atoms with van der Waals surface area (Å²) in [6, 6.07) is 8.08. The second kappa shape index (κ2) is 10.7. The predicted octanol–water partition coefficient (Wildman–Crippen LogP) is 5.58. The Morgan fingerprint density at radius 3 is 2.45 bits per heavy atom. The quantitative estimate of drug-likeness (QED) is 0.442. The lowest BCUT2D eigenvalue weighted by molar-refractivity contribution is 0.0523. The molecule has 2 aromatic heterocycles. The fourth-order valence-corrected chi connectivity index (χ4v) is 5.13. The molecule has 38 heavy (non-hydrogen) atoms. The van der Waals surface area contributed by atoms with Crippen LogP contribution in [0.3, 0.4) is 0 Å². The number of alkyl carbamates (subject to hydrolysis) is 1. The number of hydrogen-bond acceptors (Lipinski definition) is 5. The molecule has 0 atom stereocenters. The minimum absolute atomic E-state index is 0.0318. The molecule has 3 heterocycles. The van der Waals surface area contributed by atoms with Gasteiger partial charge < -0.3 is 15.2 Å². The van der Waals surface area contributed by atoms with Crippen molar-refractivity contribution in [3.05, 3.63) is 63.0 Å². The maximum absolute atomic E-state index is 13.7. The number of nitrogens with one attached hydrogen (secondary N) is 1. The molecule has 1 aliphatic heterocycles. The largest absolute Gasteiger partial charge is 0.493 e. The highest BCUT2D eigenvalue weighted by Crippen LogP contribution is 2.37. The van der Waals surface area contributed by atoms with Crippen molar-refractivity contribution in [1.82, 2.24) is 19.4 Å². The summed E-state index contributed by atoms with van der Waals surface area (Å²) >= 11 is 0. The van der Waals surface area contributed by atoms with Crippen molar-refractivity contribution in [2.45, 2.75) is 92.8 Å². The SMILES string of the molecule is Cc1ccc(-c2c(CNC(=O)OC(C)(C)C)c(CC(C)C)nc(C)c2-n2c(O)c3n(c2=O)CCCC3)cc1. The number of aryl methyl sites for hydroxylation is 2. The summed E-state index contributed by atoms with van der Waals surface area (Å²) in [5, 5.41) is 14.2. The number of amides is 1. The summed E-state index contributed by atoms with van der Waals surface area (Å²) in [4.78, 5) is 31.3. The number of aromatic hydroxyl groups is 1. The third-order valence-corrected chi connectivity index (χ3v) is 6.77. The van der Waals surface area contributed by atoms with Gasteiger partial charge in [0.05, 0.1) is 17.1 Å². The Kier molecular flexibility index (Phi) is 7.72. The normalized spacial score (nSPS) is 13.5. The summed E-state index contributed by atoms with van der Waals surface area (Å²) in [6.45, 7) is 14.4. The van der Waals surface area contributed by atoms with Crippen molar-refractivity contribution in [3.8, 4) is 22.7 Å². The van der Waals surface area contributed by atoms with E-state index in [1.807, 2.05) is 58.9 Å². The van der Waals surface area contributed by atoms with Crippen LogP contribution in [0.5, 0.6) is 5.88 Å². The van der Waals surface area contributed by atoms with Gasteiger partial charge in [0.2, 0.25) is 5.88 Å². The zero-order valence-electron chi connectivity index (χ0n) is 23.6. The summed E-state index contributed by atoms with van der Waals surface area (Å²) in [5.41, 5.74) is 5.40. The molecule has 0 aliphatic carbocycles. The smallest absolute Gasteiger partial charge is 0.407 e. The predicted molar refractivity (Wildman–Crippen MR) is 149 cm³/mol. The van der Waals surface area contributed by atoms with Crippen LogP contribution in [0.1, 0.15) is 75.7 Å². The Hall–Kier alpha value is -3.55. The first-order valence-corrected chi connectivity index (χ1v) is 13.5. The number of pyridine rings is 1. The molecule has 1 amide bonds. The van der Waals surface area contributed by atoms with Crippen LogP contribution in [0.2, 0.25) is 0 Å². The van der Waals surface area contributed by atoms with E-state index in [0.717, 1.165) is 40.8 Å². The molecule has 0 saturated heterocycles. The van der Waals surface area contributed by atoms with Crippen molar-refractivity contribution in [2.24, 2.45) is 5.92 Å². The van der Waals surface area contributed by atoms with E-state index in [0.29, 0.717) is 42.4 Å². The molecule has 0 fully saturated rings. The van der Waals surface area contributed by atoms with Gasteiger partial charge in [0.1, 0.15) is 5.60 Å². The van der Waals surface area contributed by atoms with Crippen molar-refractivity contribution in [3.63, 3.8) is 0 Å². The van der Waals surface area contributed by atoms with Crippen LogP contribution in [0, 0.1) is 19.8 Å². The summed E-state index contributed by atoms with van der Waals surface area (Å²) < 4.78 is 8.59. The number of ether oxygens (including phenoxy) is 1. The zero-order chi connectivity index (χ0) is 27.8. The van der Waals surface area contributed by atoms with Crippen molar-refractivity contribution >= 4 is 6.09 Å². The van der Waals surface area contributed by atoms with Crippen LogP contribution in [-0.2, 0) is 30.7 Å². The average molecular weight is 521 g/mol. The lowest BCUT2D eigenvalue weighted by Gasteiger charge is -2.24. The number of nitrogens with zero attached hydrogens (tertiary/aromatic N) is 3. The maximum atomic E-state index is 13.7. The van der Waals surface area contributed by atoms with Crippen molar-refractivity contribution in [1.29, 1.82) is 0 Å². The Balaban J connectivity index is 1.99. The van der Waals surface area contributed by atoms with E-state index in [-0.39, 0.29) is 18.1 Å². The summed E-state index contributed by atoms with van der Waals surface area (Å²) in [5.74, 6) is 0.285. The van der Waals surface area contributed by atoms with E-state index in [4.69, 9.17) is 9.72 Å². The van der Waals surface area contributed by atoms with Crippen LogP contribution in [0.4, 0.5) is 4.79 Å². The van der Waals surface area contributed by atoms with Gasteiger partial charge in [0.25, 0.3) is 0 Å². The van der Waals surface area contributed by atoms with Gasteiger partial charge >= 0.3 is 11.8 Å². The van der Waals surface area contributed by atoms with Gasteiger partial charge in [-0.15, -0.1) is 0 Å². The van der Waals surface area contributed by atoms with E-state index < -0.39 is 11.7 Å². The number of carbonyl (C=O) groups is 1. The van der Waals surface area contributed by atoms with Crippen LogP contribution < -0.4 is 11.0 Å². The van der Waals surface area contributed by atoms with Crippen LogP contribution in [0.15, 0.2) is 29.1 Å². The molecule has 3 aromatic rings. The average Bonchev–Trinajstić information content (AvgIpc) is 3.07. The third kappa shape index (κ3) is 5.64. The van der Waals surface area contributed by atoms with Gasteiger partial charge in [0.15, 0.2) is 0 Å². The Bertz CT molecular complexity index is 1390. The molecule has 0 radical (unpaired) electrons. The molecule has 1 aromatic carbocycles. The number of hydrogen-bond donors (Lipinski definition) is 2. The molecule has 204 valence electrons. The topological polar surface area (TPSA) is 98.4 Å². The number of benzene rings is 1. The first kappa shape index (κ1) is 27.5. The lowest BCUT2D eigenvalue weighted by Crippen LogP contribution is -2.33. The van der Waals surface area contributed by atoms with Gasteiger partial charge in [-0.2, -0.15) is 0 Å². The molecule has 8 nitrogen and oxygen atoms in total. The van der Waals surface area contributed by atoms with Gasteiger partial charge in [-0.25, -0.2) is 14.2 Å². The number of fused-ring (bicyclic) bond motifs is 1. The molecular formula is C30H40N4O4. The van der Waals surface area contributed by atoms with Gasteiger partial charge in [0, 0.05) is 29.9 Å². The van der Waals surface area contributed by atoms with E-state index in [1.54, 1.807) is 4.57 Å². The number of carbonyl (C=O) groups excluding carboxylic acids is 1. The van der Waals surface area contributed by atoms with Crippen LogP contribution >= 0.6 is 0 Å². The van der Waals surface area contributed by atoms with E-state index >= 15 is 0 Å². The van der Waals surface area contributed by atoms with Crippen LogP contribution in [0.25, 0.3) is 16.8 Å². The zero-order valence-corrected chi connectivity index (χ0v) is 23.6. The van der Waals surface area contributed by atoms with Gasteiger partial charge in [-0.3, -0.25) is 9.55 Å². The second-order valence-electron chi connectivity index (χ2n) is 11.7. The molecule has 0 saturated carbocycles. The molecule has 4 rings (SSSR count). The summed E-state index contributed by atoms with van der Waals surface area (Å²) in [7, 11) is 0. The lowest BCUT2D eigenvalue weighted by atomic mass is 9.92. The van der Waals surface area contributed by atoms with E-state index in [1.165, 1.54) is 4.57 Å². The second-order valence-corrected chi connectivity index (χ2v) is 11.7. The van der Waals surface area contributed by atoms with Crippen molar-refractivity contribution in [2.75, 3.05) is 0 Å². The molecule has 0 unspecified atom stereocenters. The molecule has 0 bridgehead atoms. The molecule has 0 spiro atoms. The Labute approximate surface area is 224 Å². The fourth-order valence-electron chi connectivity index (χ4n) is 5.13. The number of rotatable bonds is 6. The first-order valence-electron chi connectivity index (χ1n) is 13.5. The minimum atomic E-state index is -0.633. The Morgan fingerprint density at radius 2 is 1.84 bits per heavy atom. The maximum Gasteiger partial charge on any atom is 0.407 e. The highest BCUT2D eigenvalue weighted by molar-refractivity contribution is 5.79. The van der Waals surface area contributed by atoms with Crippen molar-refractivity contribution < 1.29 is 14.6 Å². The number of aromatic nitrogens is 3. The standard InChI is InChI=1S/C30H40N4O4/c1-18(2)16-23-22(17-31-28(36)38-30(5,6)7)25(21-13-11-19(3)12-14-21)26(20(4)32-23)34-27(35)24-10-8-9-15-33(24)29(34)37/h11-14,18,35H,8-10,15-17H2,1-7H3,(H,31,36). The highest BCUT2D eigenvalue weighted by atomic mass is 16.6. The molecule has 2 N–H and O–H groups in total. The Morgan fingerprint density at radius 1 is 1.16 bits per heavy atom. The van der Waals surface area contributed by atoms with Crippen LogP contribution in [-0.4, -0.2) is 30.9 Å².